The number of amides is 1. The largest absolute Gasteiger partial charge is 0.550 e. The van der Waals surface area contributed by atoms with Crippen LogP contribution < -0.4 is 10.4 Å². The number of nitrogens with zero attached hydrogens (tertiary/aromatic N) is 2. The number of rotatable bonds is 13. The predicted octanol–water partition coefficient (Wildman–Crippen LogP) is 5.21. The summed E-state index contributed by atoms with van der Waals surface area (Å²) in [5, 5.41) is 34.7. The molecule has 0 saturated heterocycles. The summed E-state index contributed by atoms with van der Waals surface area (Å²) in [5.41, 5.74) is 5.33. The van der Waals surface area contributed by atoms with Gasteiger partial charge in [0.15, 0.2) is 5.69 Å². The average molecular weight is 597 g/mol. The summed E-state index contributed by atoms with van der Waals surface area (Å²) in [4.78, 5) is 28.4. The molecule has 0 fully saturated rings. The van der Waals surface area contributed by atoms with Crippen LogP contribution in [0.1, 0.15) is 60.9 Å². The number of aromatic nitrogens is 1. The fourth-order valence-electron chi connectivity index (χ4n) is 5.46. The molecule has 1 amide bonds. The Kier molecular flexibility index (Phi) is 10.7. The molecule has 4 rings (SSSR count). The lowest BCUT2D eigenvalue weighted by Gasteiger charge is -2.20. The van der Waals surface area contributed by atoms with Gasteiger partial charge in [0, 0.05) is 41.8 Å². The number of aliphatic hydroxyl groups excluding tert-OH is 2. The van der Waals surface area contributed by atoms with Gasteiger partial charge in [-0.2, -0.15) is 0 Å². The first kappa shape index (κ1) is 32.1. The second-order valence-corrected chi connectivity index (χ2v) is 11.0. The molecule has 0 saturated carbocycles. The van der Waals surface area contributed by atoms with Crippen molar-refractivity contribution in [2.75, 3.05) is 0 Å². The summed E-state index contributed by atoms with van der Waals surface area (Å²) < 4.78 is 16.0. The lowest BCUT2D eigenvalue weighted by molar-refractivity contribution is -0.307. The molecule has 0 bridgehead atoms. The lowest BCUT2D eigenvalue weighted by Crippen LogP contribution is -2.29. The third kappa shape index (κ3) is 7.78. The maximum absolute atomic E-state index is 14.1. The second-order valence-electron chi connectivity index (χ2n) is 11.0. The number of halogens is 1. The molecule has 1 heterocycles. The van der Waals surface area contributed by atoms with Crippen LogP contribution in [0, 0.1) is 12.4 Å². The zero-order valence-corrected chi connectivity index (χ0v) is 24.7. The molecule has 0 aliphatic rings. The molecule has 2 atom stereocenters. The number of carboxylic acids is 1. The van der Waals surface area contributed by atoms with Crippen LogP contribution in [0.5, 0.6) is 0 Å². The molecule has 8 nitrogen and oxygen atoms in total. The normalized spacial score (nSPS) is 12.5. The van der Waals surface area contributed by atoms with E-state index in [1.807, 2.05) is 48.7 Å². The van der Waals surface area contributed by atoms with E-state index in [0.717, 1.165) is 22.4 Å². The zero-order valence-electron chi connectivity index (χ0n) is 24.7. The predicted molar refractivity (Wildman–Crippen MR) is 164 cm³/mol. The molecule has 0 radical (unpaired) electrons. The van der Waals surface area contributed by atoms with Gasteiger partial charge in [0.05, 0.1) is 18.8 Å². The van der Waals surface area contributed by atoms with Crippen LogP contribution >= 0.6 is 0 Å². The maximum Gasteiger partial charge on any atom is 0.268 e. The zero-order chi connectivity index (χ0) is 31.8. The molecule has 3 aromatic carbocycles. The smallest absolute Gasteiger partial charge is 0.268 e. The number of hydrogen-bond acceptors (Lipinski definition) is 5. The number of nitrogens with one attached hydrogen (secondary N) is 1. The van der Waals surface area contributed by atoms with Crippen LogP contribution in [-0.2, 0) is 17.8 Å². The van der Waals surface area contributed by atoms with Crippen LogP contribution in [-0.4, -0.2) is 38.9 Å². The van der Waals surface area contributed by atoms with Gasteiger partial charge >= 0.3 is 0 Å². The molecule has 0 aliphatic carbocycles. The summed E-state index contributed by atoms with van der Waals surface area (Å²) >= 11 is 0. The first-order valence-electron chi connectivity index (χ1n) is 14.5. The quantitative estimate of drug-likeness (QED) is 0.183. The van der Waals surface area contributed by atoms with Crippen molar-refractivity contribution in [2.45, 2.75) is 64.3 Å². The first-order valence-corrected chi connectivity index (χ1v) is 14.5. The Morgan fingerprint density at radius 3 is 2.16 bits per heavy atom. The van der Waals surface area contributed by atoms with Crippen LogP contribution in [0.25, 0.3) is 27.1 Å². The number of carboxylic acid groups (broad SMARTS) is 1. The number of aliphatic carboxylic acids is 1. The van der Waals surface area contributed by atoms with Crippen molar-refractivity contribution in [1.82, 2.24) is 9.88 Å². The van der Waals surface area contributed by atoms with Crippen molar-refractivity contribution in [2.24, 2.45) is 0 Å². The van der Waals surface area contributed by atoms with E-state index < -0.39 is 30.4 Å². The first-order chi connectivity index (χ1) is 21.1. The Morgan fingerprint density at radius 2 is 1.57 bits per heavy atom. The average Bonchev–Trinajstić information content (AvgIpc) is 3.35. The molecule has 4 aromatic rings. The van der Waals surface area contributed by atoms with Gasteiger partial charge in [-0.3, -0.25) is 4.79 Å². The Bertz CT molecular complexity index is 1620. The highest BCUT2D eigenvalue weighted by molar-refractivity contribution is 6.05. The molecule has 1 aromatic heterocycles. The van der Waals surface area contributed by atoms with Crippen molar-refractivity contribution in [3.05, 3.63) is 113 Å². The van der Waals surface area contributed by atoms with Gasteiger partial charge in [0.1, 0.15) is 11.5 Å². The van der Waals surface area contributed by atoms with E-state index in [-0.39, 0.29) is 37.8 Å². The highest BCUT2D eigenvalue weighted by Gasteiger charge is 2.30. The van der Waals surface area contributed by atoms with Crippen LogP contribution in [0.15, 0.2) is 78.9 Å². The third-order valence-electron chi connectivity index (χ3n) is 7.41. The van der Waals surface area contributed by atoms with Gasteiger partial charge in [0.2, 0.25) is 0 Å². The van der Waals surface area contributed by atoms with Crippen molar-refractivity contribution in [3.8, 4) is 22.3 Å². The highest BCUT2D eigenvalue weighted by atomic mass is 19.1. The van der Waals surface area contributed by atoms with E-state index in [0.29, 0.717) is 22.5 Å². The van der Waals surface area contributed by atoms with E-state index in [2.05, 4.69) is 10.2 Å². The molecule has 0 spiro atoms. The maximum atomic E-state index is 14.1. The minimum atomic E-state index is -1.40. The second kappa shape index (κ2) is 14.6. The number of carbonyl (C=O) groups excluding carboxylic acids is 2. The standard InChI is InChI=1S/C35H36FN3O5/c1-22(2)39-30(18-17-28(40)19-29(41)20-31(42)43)32(25-11-13-26(36)14-12-25)33(24-7-5-4-6-8-24)34(39)35(44)38-21-23-9-15-27(37-3)16-10-23/h4-16,22,28-29,40-41H,17-21H2,1-2H3,(H,38,44)(H,42,43)/p-1/t28-,29-/m1/s1. The summed E-state index contributed by atoms with van der Waals surface area (Å²) in [5.74, 6) is -2.13. The number of aliphatic hydroxyl groups is 2. The summed E-state index contributed by atoms with van der Waals surface area (Å²) in [6, 6.07) is 22.2. The van der Waals surface area contributed by atoms with Gasteiger partial charge in [-0.05, 0) is 61.9 Å². The minimum absolute atomic E-state index is 0.145. The van der Waals surface area contributed by atoms with E-state index in [1.54, 1.807) is 36.4 Å². The number of hydrogen-bond donors (Lipinski definition) is 3. The number of benzene rings is 3. The van der Waals surface area contributed by atoms with E-state index in [4.69, 9.17) is 6.57 Å². The number of carbonyl (C=O) groups is 2. The summed E-state index contributed by atoms with van der Waals surface area (Å²) in [7, 11) is 0. The molecule has 228 valence electrons. The molecular formula is C35H35FN3O5-. The minimum Gasteiger partial charge on any atom is -0.550 e. The van der Waals surface area contributed by atoms with Crippen molar-refractivity contribution in [1.29, 1.82) is 0 Å². The summed E-state index contributed by atoms with van der Waals surface area (Å²) in [6.45, 7) is 11.3. The topological polar surface area (TPSA) is 119 Å². The van der Waals surface area contributed by atoms with Gasteiger partial charge in [-0.15, -0.1) is 0 Å². The van der Waals surface area contributed by atoms with Crippen molar-refractivity contribution in [3.63, 3.8) is 0 Å². The van der Waals surface area contributed by atoms with Gasteiger partial charge in [0.25, 0.3) is 5.91 Å². The fourth-order valence-corrected chi connectivity index (χ4v) is 5.46. The Balaban J connectivity index is 1.83. The molecule has 3 N–H and O–H groups in total. The molecular weight excluding hydrogens is 561 g/mol. The highest BCUT2D eigenvalue weighted by Crippen LogP contribution is 2.42. The molecule has 0 unspecified atom stereocenters. The Labute approximate surface area is 256 Å². The van der Waals surface area contributed by atoms with Gasteiger partial charge < -0.3 is 30.0 Å². The van der Waals surface area contributed by atoms with E-state index >= 15 is 0 Å². The van der Waals surface area contributed by atoms with Gasteiger partial charge in [-0.1, -0.05) is 66.7 Å². The van der Waals surface area contributed by atoms with E-state index in [1.165, 1.54) is 12.1 Å². The SMILES string of the molecule is [C-]#[N+]c1ccc(CNC(=O)c2c(-c3ccccc3)c(-c3ccc(F)cc3)c(CC[C@@H](O)C[C@@H](O)CC(=O)[O-])n2C(C)C)cc1. The fraction of sp³-hybridized carbons (Fsp3) is 0.286. The van der Waals surface area contributed by atoms with Crippen LogP contribution in [0.4, 0.5) is 10.1 Å². The third-order valence-corrected chi connectivity index (χ3v) is 7.41. The monoisotopic (exact) mass is 596 g/mol. The van der Waals surface area contributed by atoms with Crippen molar-refractivity contribution < 1.29 is 29.3 Å². The Hall–Kier alpha value is -4.78. The molecule has 0 aliphatic heterocycles. The van der Waals surface area contributed by atoms with E-state index in [9.17, 15) is 29.3 Å². The van der Waals surface area contributed by atoms with Crippen molar-refractivity contribution >= 4 is 17.6 Å². The van der Waals surface area contributed by atoms with Crippen LogP contribution in [0.2, 0.25) is 0 Å². The van der Waals surface area contributed by atoms with Crippen LogP contribution in [0.3, 0.4) is 0 Å². The Morgan fingerprint density at radius 1 is 0.932 bits per heavy atom. The van der Waals surface area contributed by atoms with Gasteiger partial charge in [-0.25, -0.2) is 9.24 Å². The molecule has 9 heteroatoms. The summed E-state index contributed by atoms with van der Waals surface area (Å²) in [6.07, 6.45) is -2.53. The lowest BCUT2D eigenvalue weighted by atomic mass is 9.92. The molecule has 44 heavy (non-hydrogen) atoms.